The summed E-state index contributed by atoms with van der Waals surface area (Å²) in [7, 11) is 1.53. The molecule has 0 radical (unpaired) electrons. The summed E-state index contributed by atoms with van der Waals surface area (Å²) < 4.78 is 5.20. The van der Waals surface area contributed by atoms with Gasteiger partial charge < -0.3 is 15.0 Å². The zero-order chi connectivity index (χ0) is 15.5. The van der Waals surface area contributed by atoms with E-state index in [9.17, 15) is 4.79 Å². The average Bonchev–Trinajstić information content (AvgIpc) is 2.51. The molecule has 1 aromatic heterocycles. The van der Waals surface area contributed by atoms with Crippen LogP contribution in [0, 0.1) is 0 Å². The van der Waals surface area contributed by atoms with Gasteiger partial charge in [0.25, 0.3) is 5.91 Å². The number of benzene rings is 1. The van der Waals surface area contributed by atoms with Crippen LogP contribution in [0.4, 0.5) is 5.82 Å². The molecule has 6 nitrogen and oxygen atoms in total. The normalized spacial score (nSPS) is 14.4. The van der Waals surface area contributed by atoms with E-state index in [1.165, 1.54) is 7.11 Å². The number of hydrogen-bond acceptors (Lipinski definition) is 5. The molecule has 2 aromatic rings. The van der Waals surface area contributed by atoms with Crippen molar-refractivity contribution in [2.45, 2.75) is 6.04 Å². The van der Waals surface area contributed by atoms with Gasteiger partial charge in [-0.1, -0.05) is 11.6 Å². The van der Waals surface area contributed by atoms with Crippen LogP contribution in [-0.4, -0.2) is 42.1 Å². The van der Waals surface area contributed by atoms with Crippen LogP contribution in [0.2, 0.25) is 5.02 Å². The maximum Gasteiger partial charge on any atom is 0.255 e. The summed E-state index contributed by atoms with van der Waals surface area (Å²) in [5, 5.41) is 3.47. The minimum Gasteiger partial charge on any atom is -0.496 e. The minimum atomic E-state index is -0.192. The predicted octanol–water partition coefficient (Wildman–Crippen LogP) is 1.76. The van der Waals surface area contributed by atoms with Gasteiger partial charge in [0.1, 0.15) is 11.6 Å². The molecule has 1 amide bonds. The molecule has 0 bridgehead atoms. The van der Waals surface area contributed by atoms with Gasteiger partial charge in [-0.05, 0) is 18.2 Å². The summed E-state index contributed by atoms with van der Waals surface area (Å²) in [4.78, 5) is 22.6. The fourth-order valence-corrected chi connectivity index (χ4v) is 2.50. The van der Waals surface area contributed by atoms with E-state index in [1.54, 1.807) is 36.8 Å². The maximum atomic E-state index is 12.3. The van der Waals surface area contributed by atoms with Crippen LogP contribution in [0.5, 0.6) is 5.75 Å². The third-order valence-electron chi connectivity index (χ3n) is 3.50. The first-order chi connectivity index (χ1) is 10.7. The van der Waals surface area contributed by atoms with E-state index < -0.39 is 0 Å². The number of nitrogens with one attached hydrogen (secondary N) is 1. The van der Waals surface area contributed by atoms with Crippen LogP contribution in [-0.2, 0) is 0 Å². The van der Waals surface area contributed by atoms with E-state index in [-0.39, 0.29) is 11.9 Å². The topological polar surface area (TPSA) is 67.3 Å². The molecular weight excluding hydrogens is 304 g/mol. The van der Waals surface area contributed by atoms with Gasteiger partial charge in [0.15, 0.2) is 0 Å². The van der Waals surface area contributed by atoms with E-state index in [0.717, 1.165) is 5.82 Å². The molecule has 7 heteroatoms. The Morgan fingerprint density at radius 1 is 1.41 bits per heavy atom. The SMILES string of the molecule is COc1ccc(Cl)cc1C(=O)NC1CN(c2cnccn2)C1. The third kappa shape index (κ3) is 2.96. The summed E-state index contributed by atoms with van der Waals surface area (Å²) in [5.41, 5.74) is 0.438. The lowest BCUT2D eigenvalue weighted by atomic mass is 10.1. The summed E-state index contributed by atoms with van der Waals surface area (Å²) in [6.45, 7) is 1.40. The first-order valence-electron chi connectivity index (χ1n) is 6.82. The van der Waals surface area contributed by atoms with E-state index in [1.807, 2.05) is 4.90 Å². The Morgan fingerprint density at radius 3 is 2.91 bits per heavy atom. The highest BCUT2D eigenvalue weighted by atomic mass is 35.5. The van der Waals surface area contributed by atoms with Crippen LogP contribution < -0.4 is 15.0 Å². The number of halogens is 1. The zero-order valence-electron chi connectivity index (χ0n) is 12.0. The van der Waals surface area contributed by atoms with Crippen LogP contribution in [0.1, 0.15) is 10.4 Å². The quantitative estimate of drug-likeness (QED) is 0.930. The number of hydrogen-bond donors (Lipinski definition) is 1. The summed E-state index contributed by atoms with van der Waals surface area (Å²) >= 11 is 5.95. The highest BCUT2D eigenvalue weighted by Crippen LogP contribution is 2.23. The number of rotatable bonds is 4. The van der Waals surface area contributed by atoms with Crippen LogP contribution in [0.3, 0.4) is 0 Å². The Labute approximate surface area is 133 Å². The minimum absolute atomic E-state index is 0.0678. The predicted molar refractivity (Wildman–Crippen MR) is 83.5 cm³/mol. The zero-order valence-corrected chi connectivity index (χ0v) is 12.7. The van der Waals surface area contributed by atoms with Crippen LogP contribution in [0.25, 0.3) is 0 Å². The van der Waals surface area contributed by atoms with Gasteiger partial charge in [0.05, 0.1) is 24.9 Å². The second-order valence-electron chi connectivity index (χ2n) is 4.98. The third-order valence-corrected chi connectivity index (χ3v) is 3.73. The van der Waals surface area contributed by atoms with Gasteiger partial charge in [-0.15, -0.1) is 0 Å². The van der Waals surface area contributed by atoms with E-state index in [0.29, 0.717) is 29.4 Å². The van der Waals surface area contributed by atoms with Crippen molar-refractivity contribution in [1.29, 1.82) is 0 Å². The van der Waals surface area contributed by atoms with Crippen molar-refractivity contribution in [2.75, 3.05) is 25.1 Å². The smallest absolute Gasteiger partial charge is 0.255 e. The fourth-order valence-electron chi connectivity index (χ4n) is 2.33. The Morgan fingerprint density at radius 2 is 2.23 bits per heavy atom. The lowest BCUT2D eigenvalue weighted by Crippen LogP contribution is -2.59. The highest BCUT2D eigenvalue weighted by molar-refractivity contribution is 6.31. The first-order valence-corrected chi connectivity index (χ1v) is 7.20. The Bertz CT molecular complexity index is 674. The number of methoxy groups -OCH3 is 1. The Hall–Kier alpha value is -2.34. The van der Waals surface area contributed by atoms with E-state index in [2.05, 4.69) is 15.3 Å². The van der Waals surface area contributed by atoms with Gasteiger partial charge in [-0.2, -0.15) is 0 Å². The van der Waals surface area contributed by atoms with Crippen molar-refractivity contribution in [1.82, 2.24) is 15.3 Å². The molecule has 22 heavy (non-hydrogen) atoms. The van der Waals surface area contributed by atoms with Crippen LogP contribution >= 0.6 is 11.6 Å². The molecule has 0 spiro atoms. The van der Waals surface area contributed by atoms with E-state index >= 15 is 0 Å². The van der Waals surface area contributed by atoms with E-state index in [4.69, 9.17) is 16.3 Å². The van der Waals surface area contributed by atoms with Crippen molar-refractivity contribution < 1.29 is 9.53 Å². The summed E-state index contributed by atoms with van der Waals surface area (Å²) in [6.07, 6.45) is 4.99. The number of carbonyl (C=O) groups excluding carboxylic acids is 1. The fraction of sp³-hybridized carbons (Fsp3) is 0.267. The Balaban J connectivity index is 1.61. The number of aromatic nitrogens is 2. The molecule has 2 heterocycles. The lowest BCUT2D eigenvalue weighted by Gasteiger charge is -2.40. The molecule has 1 aliphatic heterocycles. The standard InChI is InChI=1S/C15H15ClN4O2/c1-22-13-3-2-10(16)6-12(13)15(21)19-11-8-20(9-11)14-7-17-4-5-18-14/h2-7,11H,8-9H2,1H3,(H,19,21). The number of anilines is 1. The Kier molecular flexibility index (Phi) is 4.11. The lowest BCUT2D eigenvalue weighted by molar-refractivity contribution is 0.0927. The van der Waals surface area contributed by atoms with Gasteiger partial charge in [-0.25, -0.2) is 4.98 Å². The van der Waals surface area contributed by atoms with Gasteiger partial charge in [-0.3, -0.25) is 9.78 Å². The monoisotopic (exact) mass is 318 g/mol. The number of ether oxygens (including phenoxy) is 1. The van der Waals surface area contributed by atoms with Crippen molar-refractivity contribution >= 4 is 23.3 Å². The summed E-state index contributed by atoms with van der Waals surface area (Å²) in [6, 6.07) is 5.05. The molecule has 114 valence electrons. The molecule has 1 saturated heterocycles. The summed E-state index contributed by atoms with van der Waals surface area (Å²) in [5.74, 6) is 1.13. The molecule has 0 atom stereocenters. The molecule has 1 fully saturated rings. The molecule has 0 saturated carbocycles. The van der Waals surface area contributed by atoms with Crippen LogP contribution in [0.15, 0.2) is 36.8 Å². The number of carbonyl (C=O) groups is 1. The van der Waals surface area contributed by atoms with Crippen molar-refractivity contribution in [3.63, 3.8) is 0 Å². The second kappa shape index (κ2) is 6.19. The van der Waals surface area contributed by atoms with Crippen molar-refractivity contribution in [3.8, 4) is 5.75 Å². The second-order valence-corrected chi connectivity index (χ2v) is 5.42. The largest absolute Gasteiger partial charge is 0.496 e. The molecule has 3 rings (SSSR count). The average molecular weight is 319 g/mol. The molecule has 1 N–H and O–H groups in total. The molecule has 0 unspecified atom stereocenters. The molecule has 0 aliphatic carbocycles. The highest BCUT2D eigenvalue weighted by Gasteiger charge is 2.30. The molecular formula is C15H15ClN4O2. The molecule has 1 aliphatic rings. The van der Waals surface area contributed by atoms with Gasteiger partial charge >= 0.3 is 0 Å². The van der Waals surface area contributed by atoms with Crippen molar-refractivity contribution in [3.05, 3.63) is 47.4 Å². The van der Waals surface area contributed by atoms with Crippen molar-refractivity contribution in [2.24, 2.45) is 0 Å². The number of nitrogens with zero attached hydrogens (tertiary/aromatic N) is 3. The maximum absolute atomic E-state index is 12.3. The number of amides is 1. The first kappa shape index (κ1) is 14.6. The van der Waals surface area contributed by atoms with Gasteiger partial charge in [0, 0.05) is 30.5 Å². The van der Waals surface area contributed by atoms with Gasteiger partial charge in [0.2, 0.25) is 0 Å². The molecule has 1 aromatic carbocycles.